The Morgan fingerprint density at radius 3 is 2.41 bits per heavy atom. The number of aryl methyl sites for hydroxylation is 1. The molecule has 148 valence electrons. The Labute approximate surface area is 165 Å². The zero-order valence-corrected chi connectivity index (χ0v) is 16.2. The van der Waals surface area contributed by atoms with Crippen LogP contribution in [0.2, 0.25) is 0 Å². The lowest BCUT2D eigenvalue weighted by atomic mass is 10.1. The van der Waals surface area contributed by atoms with Crippen LogP contribution in [0, 0.1) is 29.9 Å². The van der Waals surface area contributed by atoms with Gasteiger partial charge in [-0.15, -0.1) is 0 Å². The molecule has 0 unspecified atom stereocenters. The number of nitrogens with zero attached hydrogens (tertiary/aromatic N) is 2. The standard InChI is InChI=1S/C20H15F2N3O3S/c1-12-3-5-15(6-4-12)29(27,28)25-18-8-14(21)7-17(22)16(18)9-19(25)20(26)13(10-23)11-24-2/h3-9,11,24H,1-2H3. The Kier molecular flexibility index (Phi) is 5.22. The smallest absolute Gasteiger partial charge is 0.268 e. The van der Waals surface area contributed by atoms with Gasteiger partial charge in [0.05, 0.1) is 10.4 Å². The summed E-state index contributed by atoms with van der Waals surface area (Å²) in [6, 6.07) is 9.86. The number of fused-ring (bicyclic) bond motifs is 1. The van der Waals surface area contributed by atoms with Crippen LogP contribution in [-0.2, 0) is 10.0 Å². The van der Waals surface area contributed by atoms with Crippen molar-refractivity contribution < 1.29 is 22.0 Å². The predicted octanol–water partition coefficient (Wildman–Crippen LogP) is 3.27. The van der Waals surface area contributed by atoms with E-state index in [1.165, 1.54) is 19.2 Å². The van der Waals surface area contributed by atoms with Gasteiger partial charge in [0.15, 0.2) is 0 Å². The van der Waals surface area contributed by atoms with Crippen molar-refractivity contribution in [3.05, 3.63) is 77.1 Å². The van der Waals surface area contributed by atoms with Gasteiger partial charge in [-0.3, -0.25) is 4.79 Å². The van der Waals surface area contributed by atoms with Crippen LogP contribution in [0.3, 0.4) is 0 Å². The average Bonchev–Trinajstić information content (AvgIpc) is 3.06. The highest BCUT2D eigenvalue weighted by molar-refractivity contribution is 7.90. The number of aromatic nitrogens is 1. The number of hydrogen-bond acceptors (Lipinski definition) is 5. The Morgan fingerprint density at radius 2 is 1.83 bits per heavy atom. The number of halogens is 2. The van der Waals surface area contributed by atoms with E-state index in [-0.39, 0.29) is 15.8 Å². The van der Waals surface area contributed by atoms with Crippen LogP contribution in [0.15, 0.2) is 59.1 Å². The maximum absolute atomic E-state index is 14.3. The lowest BCUT2D eigenvalue weighted by Gasteiger charge is -2.12. The van der Waals surface area contributed by atoms with Crippen LogP contribution in [0.5, 0.6) is 0 Å². The molecule has 0 aliphatic carbocycles. The molecule has 9 heteroatoms. The highest BCUT2D eigenvalue weighted by Crippen LogP contribution is 2.30. The van der Waals surface area contributed by atoms with Crippen molar-refractivity contribution >= 4 is 26.7 Å². The number of hydrogen-bond donors (Lipinski definition) is 1. The SMILES string of the molecule is CNC=C(C#N)C(=O)c1cc2c(F)cc(F)cc2n1S(=O)(=O)c1ccc(C)cc1. The first-order valence-corrected chi connectivity index (χ1v) is 9.79. The number of rotatable bonds is 5. The van der Waals surface area contributed by atoms with Crippen molar-refractivity contribution in [2.75, 3.05) is 7.05 Å². The number of Topliss-reactive ketones (excluding diaryl/α,β-unsaturated/α-hetero) is 1. The van der Waals surface area contributed by atoms with E-state index in [1.54, 1.807) is 25.1 Å². The zero-order chi connectivity index (χ0) is 21.3. The van der Waals surface area contributed by atoms with Crippen molar-refractivity contribution in [2.45, 2.75) is 11.8 Å². The molecule has 0 atom stereocenters. The van der Waals surface area contributed by atoms with E-state index < -0.39 is 38.7 Å². The molecule has 3 aromatic rings. The molecule has 0 fully saturated rings. The van der Waals surface area contributed by atoms with Gasteiger partial charge in [-0.2, -0.15) is 5.26 Å². The average molecular weight is 415 g/mol. The minimum atomic E-state index is -4.40. The number of benzene rings is 2. The number of nitriles is 1. The van der Waals surface area contributed by atoms with Gasteiger partial charge in [-0.25, -0.2) is 21.2 Å². The molecule has 0 bridgehead atoms. The lowest BCUT2D eigenvalue weighted by Crippen LogP contribution is -2.20. The summed E-state index contributed by atoms with van der Waals surface area (Å²) in [7, 11) is -2.94. The Morgan fingerprint density at radius 1 is 1.17 bits per heavy atom. The van der Waals surface area contributed by atoms with E-state index >= 15 is 0 Å². The van der Waals surface area contributed by atoms with Crippen molar-refractivity contribution in [1.82, 2.24) is 9.29 Å². The van der Waals surface area contributed by atoms with E-state index in [9.17, 15) is 27.3 Å². The fourth-order valence-corrected chi connectivity index (χ4v) is 4.37. The molecule has 0 aliphatic heterocycles. The van der Waals surface area contributed by atoms with Crippen LogP contribution < -0.4 is 5.32 Å². The second kappa shape index (κ2) is 7.48. The minimum absolute atomic E-state index is 0.171. The molecule has 0 radical (unpaired) electrons. The van der Waals surface area contributed by atoms with Gasteiger partial charge >= 0.3 is 0 Å². The summed E-state index contributed by atoms with van der Waals surface area (Å²) in [5, 5.41) is 11.5. The Hall–Kier alpha value is -3.51. The summed E-state index contributed by atoms with van der Waals surface area (Å²) < 4.78 is 55.3. The summed E-state index contributed by atoms with van der Waals surface area (Å²) >= 11 is 0. The van der Waals surface area contributed by atoms with Gasteiger partial charge in [0.25, 0.3) is 10.0 Å². The van der Waals surface area contributed by atoms with Crippen molar-refractivity contribution in [2.24, 2.45) is 0 Å². The van der Waals surface area contributed by atoms with Crippen molar-refractivity contribution in [1.29, 1.82) is 5.26 Å². The van der Waals surface area contributed by atoms with E-state index in [0.717, 1.165) is 23.9 Å². The van der Waals surface area contributed by atoms with Crippen LogP contribution in [0.1, 0.15) is 16.1 Å². The first kappa shape index (κ1) is 20.2. The number of allylic oxidation sites excluding steroid dienone is 1. The van der Waals surface area contributed by atoms with E-state index in [1.807, 2.05) is 0 Å². The molecule has 6 nitrogen and oxygen atoms in total. The highest BCUT2D eigenvalue weighted by atomic mass is 32.2. The second-order valence-corrected chi connectivity index (χ2v) is 8.01. The normalized spacial score (nSPS) is 12.0. The molecule has 0 saturated heterocycles. The first-order chi connectivity index (χ1) is 13.7. The Balaban J connectivity index is 2.40. The monoisotopic (exact) mass is 415 g/mol. The zero-order valence-electron chi connectivity index (χ0n) is 15.4. The number of carbonyl (C=O) groups is 1. The summed E-state index contributed by atoms with van der Waals surface area (Å²) in [6.07, 6.45) is 1.10. The lowest BCUT2D eigenvalue weighted by molar-refractivity contribution is 0.103. The molecule has 1 heterocycles. The quantitative estimate of drug-likeness (QED) is 0.392. The highest BCUT2D eigenvalue weighted by Gasteiger charge is 2.29. The molecular formula is C20H15F2N3O3S. The number of nitrogens with one attached hydrogen (secondary N) is 1. The summed E-state index contributed by atoms with van der Waals surface area (Å²) in [4.78, 5) is 12.7. The molecule has 1 N–H and O–H groups in total. The van der Waals surface area contributed by atoms with Gasteiger partial charge in [0, 0.05) is 24.7 Å². The van der Waals surface area contributed by atoms with Crippen LogP contribution in [0.25, 0.3) is 10.9 Å². The first-order valence-electron chi connectivity index (χ1n) is 8.35. The van der Waals surface area contributed by atoms with E-state index in [0.29, 0.717) is 10.0 Å². The molecule has 2 aromatic carbocycles. The van der Waals surface area contributed by atoms with Crippen LogP contribution in [-0.4, -0.2) is 25.2 Å². The second-order valence-electron chi connectivity index (χ2n) is 6.22. The van der Waals surface area contributed by atoms with Gasteiger partial charge in [-0.05, 0) is 31.2 Å². The topological polar surface area (TPSA) is 92.0 Å². The van der Waals surface area contributed by atoms with Crippen molar-refractivity contribution in [3.8, 4) is 6.07 Å². The van der Waals surface area contributed by atoms with Crippen LogP contribution in [0.4, 0.5) is 8.78 Å². The Bertz CT molecular complexity index is 1300. The molecule has 0 saturated carbocycles. The molecule has 1 aromatic heterocycles. The molecule has 0 aliphatic rings. The van der Waals surface area contributed by atoms with Gasteiger partial charge in [0.2, 0.25) is 5.78 Å². The molecule has 0 amide bonds. The maximum atomic E-state index is 14.3. The molecule has 29 heavy (non-hydrogen) atoms. The fourth-order valence-electron chi connectivity index (χ4n) is 2.87. The van der Waals surface area contributed by atoms with Crippen molar-refractivity contribution in [3.63, 3.8) is 0 Å². The summed E-state index contributed by atoms with van der Waals surface area (Å²) in [6.45, 7) is 1.77. The maximum Gasteiger partial charge on any atom is 0.268 e. The van der Waals surface area contributed by atoms with Crippen LogP contribution >= 0.6 is 0 Å². The number of ketones is 1. The summed E-state index contributed by atoms with van der Waals surface area (Å²) in [5.41, 5.74) is -0.406. The van der Waals surface area contributed by atoms with Gasteiger partial charge < -0.3 is 5.32 Å². The summed E-state index contributed by atoms with van der Waals surface area (Å²) in [5.74, 6) is -2.98. The predicted molar refractivity (Wildman–Crippen MR) is 103 cm³/mol. The number of carbonyl (C=O) groups excluding carboxylic acids is 1. The molecule has 0 spiro atoms. The van der Waals surface area contributed by atoms with E-state index in [2.05, 4.69) is 5.32 Å². The third-order valence-electron chi connectivity index (χ3n) is 4.24. The molecular weight excluding hydrogens is 400 g/mol. The largest absolute Gasteiger partial charge is 0.393 e. The van der Waals surface area contributed by atoms with Gasteiger partial charge in [0.1, 0.15) is 29.0 Å². The van der Waals surface area contributed by atoms with E-state index in [4.69, 9.17) is 0 Å². The fraction of sp³-hybridized carbons (Fsp3) is 0.100. The minimum Gasteiger partial charge on any atom is -0.393 e. The third-order valence-corrected chi connectivity index (χ3v) is 5.98. The molecule has 3 rings (SSSR count). The van der Waals surface area contributed by atoms with Gasteiger partial charge in [-0.1, -0.05) is 17.7 Å². The third kappa shape index (κ3) is 3.50.